The van der Waals surface area contributed by atoms with Crippen molar-refractivity contribution in [2.45, 2.75) is 50.4 Å². The number of hydrogen-bond donors (Lipinski definition) is 0. The van der Waals surface area contributed by atoms with E-state index in [1.807, 2.05) is 0 Å². The van der Waals surface area contributed by atoms with Gasteiger partial charge in [0.15, 0.2) is 0 Å². The molecule has 0 aromatic heterocycles. The van der Waals surface area contributed by atoms with Gasteiger partial charge in [0.2, 0.25) is 0 Å². The van der Waals surface area contributed by atoms with Gasteiger partial charge in [-0.05, 0) is 25.8 Å². The van der Waals surface area contributed by atoms with Gasteiger partial charge in [-0.2, -0.15) is 0 Å². The Bertz CT molecular complexity index is 147. The van der Waals surface area contributed by atoms with E-state index in [0.29, 0.717) is 0 Å². The van der Waals surface area contributed by atoms with Crippen LogP contribution in [0.5, 0.6) is 0 Å². The van der Waals surface area contributed by atoms with E-state index < -0.39 is 0 Å². The summed E-state index contributed by atoms with van der Waals surface area (Å²) in [6, 6.07) is 0.774. The zero-order valence-electron chi connectivity index (χ0n) is 9.09. The normalized spacial score (nSPS) is 30.0. The summed E-state index contributed by atoms with van der Waals surface area (Å²) in [6.07, 6.45) is 5.55. The molecule has 0 bridgehead atoms. The lowest BCUT2D eigenvalue weighted by Gasteiger charge is -2.36. The van der Waals surface area contributed by atoms with Crippen molar-refractivity contribution in [3.05, 3.63) is 0 Å². The number of hydrogen-bond acceptors (Lipinski definition) is 1. The lowest BCUT2D eigenvalue weighted by Crippen LogP contribution is -2.42. The fraction of sp³-hybridized carbons (Fsp3) is 1.00. The van der Waals surface area contributed by atoms with Gasteiger partial charge in [-0.25, -0.2) is 0 Å². The van der Waals surface area contributed by atoms with Crippen molar-refractivity contribution in [1.82, 2.24) is 4.90 Å². The van der Waals surface area contributed by atoms with Crippen LogP contribution in [0.3, 0.4) is 0 Å². The van der Waals surface area contributed by atoms with E-state index in [1.165, 1.54) is 32.2 Å². The molecule has 0 aromatic carbocycles. The van der Waals surface area contributed by atoms with Crippen LogP contribution in [0.4, 0.5) is 0 Å². The minimum absolute atomic E-state index is 0.727. The topological polar surface area (TPSA) is 3.24 Å². The maximum Gasteiger partial charge on any atom is 0.0301 e. The Hall–Kier alpha value is 0.440. The smallest absolute Gasteiger partial charge is 0.0301 e. The lowest BCUT2D eigenvalue weighted by molar-refractivity contribution is 0.182. The van der Waals surface area contributed by atoms with Crippen LogP contribution >= 0.6 is 15.9 Å². The largest absolute Gasteiger partial charge is 0.302 e. The molecule has 0 spiro atoms. The van der Waals surface area contributed by atoms with Gasteiger partial charge in [0, 0.05) is 17.4 Å². The fourth-order valence-electron chi connectivity index (χ4n) is 2.27. The highest BCUT2D eigenvalue weighted by Gasteiger charge is 2.26. The monoisotopic (exact) mass is 247 g/mol. The lowest BCUT2D eigenvalue weighted by atomic mass is 9.94. The second-order valence-corrected chi connectivity index (χ2v) is 5.88. The van der Waals surface area contributed by atoms with Crippen molar-refractivity contribution in [1.29, 1.82) is 0 Å². The van der Waals surface area contributed by atoms with Crippen molar-refractivity contribution in [3.63, 3.8) is 0 Å². The molecule has 2 unspecified atom stereocenters. The van der Waals surface area contributed by atoms with Crippen molar-refractivity contribution in [2.75, 3.05) is 13.6 Å². The molecule has 0 aromatic rings. The third-order valence-electron chi connectivity index (χ3n) is 2.87. The quantitative estimate of drug-likeness (QED) is 0.693. The summed E-state index contributed by atoms with van der Waals surface area (Å²) in [6.45, 7) is 5.82. The number of alkyl halides is 1. The van der Waals surface area contributed by atoms with Crippen LogP contribution in [0.2, 0.25) is 0 Å². The summed E-state index contributed by atoms with van der Waals surface area (Å²) in [5.41, 5.74) is 0. The van der Waals surface area contributed by atoms with Crippen molar-refractivity contribution in [2.24, 2.45) is 5.92 Å². The summed E-state index contributed by atoms with van der Waals surface area (Å²) in [7, 11) is 2.27. The van der Waals surface area contributed by atoms with Gasteiger partial charge in [-0.1, -0.05) is 42.6 Å². The molecule has 1 fully saturated rings. The minimum atomic E-state index is 0.727. The number of nitrogens with zero attached hydrogens (tertiary/aromatic N) is 1. The zero-order valence-corrected chi connectivity index (χ0v) is 10.7. The molecule has 0 amide bonds. The predicted molar refractivity (Wildman–Crippen MR) is 62.4 cm³/mol. The van der Waals surface area contributed by atoms with Crippen LogP contribution in [0, 0.1) is 5.92 Å². The molecule has 0 saturated heterocycles. The summed E-state index contributed by atoms with van der Waals surface area (Å²) in [5.74, 6) is 0.784. The van der Waals surface area contributed by atoms with Crippen LogP contribution in [-0.2, 0) is 0 Å². The standard InChI is InChI=1S/C11H22BrN/c1-9(2)8-13(3)11-7-5-4-6-10(11)12/h9-11H,4-8H2,1-3H3. The van der Waals surface area contributed by atoms with E-state index in [1.54, 1.807) is 0 Å². The number of halogens is 1. The molecule has 0 aliphatic heterocycles. The molecule has 2 heteroatoms. The average molecular weight is 248 g/mol. The first-order chi connectivity index (χ1) is 6.11. The summed E-state index contributed by atoms with van der Waals surface area (Å²) >= 11 is 3.80. The minimum Gasteiger partial charge on any atom is -0.302 e. The van der Waals surface area contributed by atoms with Gasteiger partial charge in [-0.3, -0.25) is 0 Å². The molecular formula is C11H22BrN. The van der Waals surface area contributed by atoms with Gasteiger partial charge in [-0.15, -0.1) is 0 Å². The third-order valence-corrected chi connectivity index (χ3v) is 3.93. The van der Waals surface area contributed by atoms with Crippen molar-refractivity contribution < 1.29 is 0 Å². The van der Waals surface area contributed by atoms with Gasteiger partial charge < -0.3 is 4.90 Å². The van der Waals surface area contributed by atoms with E-state index in [4.69, 9.17) is 0 Å². The summed E-state index contributed by atoms with van der Waals surface area (Å²) < 4.78 is 0. The van der Waals surface area contributed by atoms with E-state index in [-0.39, 0.29) is 0 Å². The van der Waals surface area contributed by atoms with Gasteiger partial charge in [0.25, 0.3) is 0 Å². The molecule has 1 saturated carbocycles. The van der Waals surface area contributed by atoms with Crippen molar-refractivity contribution >= 4 is 15.9 Å². The molecule has 0 heterocycles. The van der Waals surface area contributed by atoms with Crippen LogP contribution in [0.15, 0.2) is 0 Å². The van der Waals surface area contributed by atoms with Crippen LogP contribution < -0.4 is 0 Å². The molecule has 1 aliphatic carbocycles. The maximum atomic E-state index is 3.80. The first-order valence-corrected chi connectivity index (χ1v) is 6.37. The molecule has 78 valence electrons. The predicted octanol–water partition coefficient (Wildman–Crippen LogP) is 3.28. The van der Waals surface area contributed by atoms with E-state index in [9.17, 15) is 0 Å². The van der Waals surface area contributed by atoms with E-state index in [0.717, 1.165) is 16.8 Å². The highest BCUT2D eigenvalue weighted by Crippen LogP contribution is 2.28. The van der Waals surface area contributed by atoms with E-state index >= 15 is 0 Å². The Balaban J connectivity index is 2.39. The Morgan fingerprint density at radius 2 is 1.92 bits per heavy atom. The first kappa shape index (κ1) is 11.5. The van der Waals surface area contributed by atoms with Gasteiger partial charge in [0.1, 0.15) is 0 Å². The summed E-state index contributed by atoms with van der Waals surface area (Å²) in [4.78, 5) is 3.26. The van der Waals surface area contributed by atoms with Crippen LogP contribution in [0.25, 0.3) is 0 Å². The fourth-order valence-corrected chi connectivity index (χ4v) is 3.27. The Morgan fingerprint density at radius 3 is 2.46 bits per heavy atom. The summed E-state index contributed by atoms with van der Waals surface area (Å²) in [5, 5.41) is 0. The van der Waals surface area contributed by atoms with Crippen LogP contribution in [0.1, 0.15) is 39.5 Å². The number of rotatable bonds is 3. The molecule has 1 rings (SSSR count). The Labute approximate surface area is 91.0 Å². The maximum absolute atomic E-state index is 3.80. The Kier molecular flexibility index (Phi) is 4.74. The van der Waals surface area contributed by atoms with Crippen molar-refractivity contribution in [3.8, 4) is 0 Å². The molecule has 13 heavy (non-hydrogen) atoms. The average Bonchev–Trinajstić information content (AvgIpc) is 2.03. The first-order valence-electron chi connectivity index (χ1n) is 5.45. The highest BCUT2D eigenvalue weighted by molar-refractivity contribution is 9.09. The highest BCUT2D eigenvalue weighted by atomic mass is 79.9. The third kappa shape index (κ3) is 3.59. The molecule has 1 aliphatic rings. The van der Waals surface area contributed by atoms with Gasteiger partial charge in [0.05, 0.1) is 0 Å². The molecule has 2 atom stereocenters. The molecule has 0 N–H and O–H groups in total. The van der Waals surface area contributed by atoms with E-state index in [2.05, 4.69) is 41.7 Å². The molecular weight excluding hydrogens is 226 g/mol. The second kappa shape index (κ2) is 5.35. The molecule has 0 radical (unpaired) electrons. The SMILES string of the molecule is CC(C)CN(C)C1CCCCC1Br. The Morgan fingerprint density at radius 1 is 1.31 bits per heavy atom. The second-order valence-electron chi connectivity index (χ2n) is 4.70. The van der Waals surface area contributed by atoms with Gasteiger partial charge >= 0.3 is 0 Å². The van der Waals surface area contributed by atoms with Crippen LogP contribution in [-0.4, -0.2) is 29.4 Å². The molecule has 1 nitrogen and oxygen atoms in total. The zero-order chi connectivity index (χ0) is 9.84.